The Morgan fingerprint density at radius 3 is 2.50 bits per heavy atom. The summed E-state index contributed by atoms with van der Waals surface area (Å²) in [4.78, 5) is 4.27. The molecule has 0 aliphatic rings. The van der Waals surface area contributed by atoms with Crippen LogP contribution in [0.25, 0.3) is 5.69 Å². The average Bonchev–Trinajstić information content (AvgIpc) is 3.28. The first-order valence-corrected chi connectivity index (χ1v) is 9.02. The molecule has 28 heavy (non-hydrogen) atoms. The summed E-state index contributed by atoms with van der Waals surface area (Å²) >= 11 is 0. The summed E-state index contributed by atoms with van der Waals surface area (Å²) < 4.78 is 12.4. The lowest BCUT2D eigenvalue weighted by atomic mass is 10.1. The molecule has 0 aliphatic carbocycles. The molecule has 2 N–H and O–H groups in total. The van der Waals surface area contributed by atoms with E-state index in [1.54, 1.807) is 27.5 Å². The monoisotopic (exact) mass is 379 g/mol. The van der Waals surface area contributed by atoms with Crippen molar-refractivity contribution in [2.45, 2.75) is 6.42 Å². The predicted octanol–water partition coefficient (Wildman–Crippen LogP) is 3.12. The number of rotatable bonds is 7. The first kappa shape index (κ1) is 19.3. The van der Waals surface area contributed by atoms with Crippen molar-refractivity contribution >= 4 is 11.6 Å². The second-order valence-corrected chi connectivity index (χ2v) is 6.06. The van der Waals surface area contributed by atoms with Gasteiger partial charge in [-0.15, -0.1) is 0 Å². The third-order valence-corrected chi connectivity index (χ3v) is 4.28. The smallest absolute Gasteiger partial charge is 0.195 e. The number of hydrogen-bond acceptors (Lipinski definition) is 4. The van der Waals surface area contributed by atoms with E-state index in [-0.39, 0.29) is 0 Å². The zero-order valence-corrected chi connectivity index (χ0v) is 16.3. The molecule has 0 bridgehead atoms. The fraction of sp³-hybridized carbons (Fsp3) is 0.238. The van der Waals surface area contributed by atoms with Gasteiger partial charge < -0.3 is 20.1 Å². The van der Waals surface area contributed by atoms with Crippen molar-refractivity contribution in [3.8, 4) is 17.2 Å². The van der Waals surface area contributed by atoms with E-state index in [2.05, 4.69) is 45.0 Å². The number of nitrogens with zero attached hydrogens (tertiary/aromatic N) is 3. The van der Waals surface area contributed by atoms with Crippen LogP contribution in [0.2, 0.25) is 0 Å². The topological polar surface area (TPSA) is 72.7 Å². The van der Waals surface area contributed by atoms with Crippen molar-refractivity contribution in [3.63, 3.8) is 0 Å². The Morgan fingerprint density at radius 2 is 1.86 bits per heavy atom. The number of methoxy groups -OCH3 is 2. The highest BCUT2D eigenvalue weighted by Gasteiger charge is 2.06. The van der Waals surface area contributed by atoms with Gasteiger partial charge in [0.05, 0.1) is 19.9 Å². The van der Waals surface area contributed by atoms with E-state index in [9.17, 15) is 0 Å². The number of ether oxygens (including phenoxy) is 2. The Morgan fingerprint density at radius 1 is 1.07 bits per heavy atom. The summed E-state index contributed by atoms with van der Waals surface area (Å²) in [6, 6.07) is 15.9. The summed E-state index contributed by atoms with van der Waals surface area (Å²) in [6.07, 6.45) is 4.58. The maximum absolute atomic E-state index is 5.34. The molecular formula is C21H25N5O2. The van der Waals surface area contributed by atoms with Gasteiger partial charge in [-0.25, -0.2) is 4.68 Å². The Bertz CT molecular complexity index is 905. The van der Waals surface area contributed by atoms with Crippen molar-refractivity contribution in [1.82, 2.24) is 15.1 Å². The summed E-state index contributed by atoms with van der Waals surface area (Å²) in [5.74, 6) is 2.05. The molecule has 0 spiro atoms. The van der Waals surface area contributed by atoms with Crippen molar-refractivity contribution in [3.05, 3.63) is 66.5 Å². The molecule has 0 saturated carbocycles. The molecule has 0 unspecified atom stereocenters. The Balaban J connectivity index is 1.53. The van der Waals surface area contributed by atoms with Crippen LogP contribution in [0, 0.1) is 0 Å². The fourth-order valence-corrected chi connectivity index (χ4v) is 2.79. The highest BCUT2D eigenvalue weighted by molar-refractivity contribution is 5.93. The lowest BCUT2D eigenvalue weighted by Crippen LogP contribution is -2.32. The number of aliphatic imine (C=N–C) groups is 1. The second kappa shape index (κ2) is 9.45. The highest BCUT2D eigenvalue weighted by Crippen LogP contribution is 2.29. The van der Waals surface area contributed by atoms with Gasteiger partial charge in [-0.1, -0.05) is 12.1 Å². The van der Waals surface area contributed by atoms with E-state index in [4.69, 9.17) is 9.47 Å². The first-order valence-electron chi connectivity index (χ1n) is 9.02. The minimum atomic E-state index is 0.667. The largest absolute Gasteiger partial charge is 0.493 e. The van der Waals surface area contributed by atoms with Gasteiger partial charge in [0.2, 0.25) is 0 Å². The normalized spacial score (nSPS) is 11.2. The van der Waals surface area contributed by atoms with Crippen LogP contribution in [0.1, 0.15) is 5.56 Å². The minimum absolute atomic E-state index is 0.667. The molecule has 0 aliphatic heterocycles. The summed E-state index contributed by atoms with van der Waals surface area (Å²) in [7, 11) is 4.98. The van der Waals surface area contributed by atoms with Gasteiger partial charge in [0, 0.05) is 37.7 Å². The highest BCUT2D eigenvalue weighted by atomic mass is 16.5. The third kappa shape index (κ3) is 4.82. The number of hydrogen-bond donors (Lipinski definition) is 2. The molecule has 0 amide bonds. The number of anilines is 1. The molecule has 0 radical (unpaired) electrons. The van der Waals surface area contributed by atoms with E-state index >= 15 is 0 Å². The molecule has 7 heteroatoms. The van der Waals surface area contributed by atoms with E-state index in [0.29, 0.717) is 17.5 Å². The van der Waals surface area contributed by atoms with E-state index in [1.165, 1.54) is 5.56 Å². The van der Waals surface area contributed by atoms with Crippen LogP contribution in [0.5, 0.6) is 11.5 Å². The average molecular weight is 379 g/mol. The maximum Gasteiger partial charge on any atom is 0.195 e. The molecule has 0 atom stereocenters. The van der Waals surface area contributed by atoms with Crippen molar-refractivity contribution < 1.29 is 9.47 Å². The van der Waals surface area contributed by atoms with Crippen molar-refractivity contribution in [1.29, 1.82) is 0 Å². The molecule has 0 saturated heterocycles. The molecular weight excluding hydrogens is 354 g/mol. The lowest BCUT2D eigenvalue weighted by molar-refractivity contribution is 0.355. The van der Waals surface area contributed by atoms with Gasteiger partial charge in [0.1, 0.15) is 0 Å². The van der Waals surface area contributed by atoms with E-state index in [0.717, 1.165) is 24.3 Å². The number of aromatic nitrogens is 2. The van der Waals surface area contributed by atoms with Gasteiger partial charge in [0.15, 0.2) is 17.5 Å². The zero-order chi connectivity index (χ0) is 19.8. The zero-order valence-electron chi connectivity index (χ0n) is 16.3. The third-order valence-electron chi connectivity index (χ3n) is 4.28. The Kier molecular flexibility index (Phi) is 6.51. The summed E-state index contributed by atoms with van der Waals surface area (Å²) in [5.41, 5.74) is 3.16. The number of guanidine groups is 1. The fourth-order valence-electron chi connectivity index (χ4n) is 2.79. The van der Waals surface area contributed by atoms with Gasteiger partial charge in [-0.3, -0.25) is 4.99 Å². The van der Waals surface area contributed by atoms with E-state index in [1.807, 2.05) is 35.1 Å². The standard InChI is InChI=1S/C21H25N5O2/c1-22-21(25-17-7-10-19(27-2)20(15-17)28-3)23-13-11-16-5-8-18(9-6-16)26-14-4-12-24-26/h4-10,12,14-15H,11,13H2,1-3H3,(H2,22,23,25). The van der Waals surface area contributed by atoms with Crippen LogP contribution in [0.4, 0.5) is 5.69 Å². The number of benzene rings is 2. The predicted molar refractivity (Wildman–Crippen MR) is 112 cm³/mol. The molecule has 7 nitrogen and oxygen atoms in total. The molecule has 2 aromatic carbocycles. The van der Waals surface area contributed by atoms with Gasteiger partial charge in [-0.05, 0) is 42.3 Å². The van der Waals surface area contributed by atoms with Crippen LogP contribution in [0.15, 0.2) is 65.9 Å². The number of nitrogens with one attached hydrogen (secondary N) is 2. The quantitative estimate of drug-likeness (QED) is 0.487. The van der Waals surface area contributed by atoms with Crippen LogP contribution in [-0.2, 0) is 6.42 Å². The van der Waals surface area contributed by atoms with Crippen LogP contribution >= 0.6 is 0 Å². The first-order chi connectivity index (χ1) is 13.7. The minimum Gasteiger partial charge on any atom is -0.493 e. The van der Waals surface area contributed by atoms with Crippen LogP contribution < -0.4 is 20.1 Å². The van der Waals surface area contributed by atoms with Crippen LogP contribution in [-0.4, -0.2) is 43.6 Å². The lowest BCUT2D eigenvalue weighted by Gasteiger charge is -2.14. The molecule has 3 rings (SSSR count). The van der Waals surface area contributed by atoms with Crippen molar-refractivity contribution in [2.75, 3.05) is 33.1 Å². The molecule has 3 aromatic rings. The molecule has 1 aromatic heterocycles. The SMILES string of the molecule is CN=C(NCCc1ccc(-n2cccn2)cc1)Nc1ccc(OC)c(OC)c1. The van der Waals surface area contributed by atoms with Gasteiger partial charge in [0.25, 0.3) is 0 Å². The van der Waals surface area contributed by atoms with Crippen molar-refractivity contribution in [2.24, 2.45) is 4.99 Å². The Hall–Kier alpha value is -3.48. The van der Waals surface area contributed by atoms with Gasteiger partial charge in [-0.2, -0.15) is 5.10 Å². The van der Waals surface area contributed by atoms with Gasteiger partial charge >= 0.3 is 0 Å². The summed E-state index contributed by atoms with van der Waals surface area (Å²) in [6.45, 7) is 0.758. The molecule has 0 fully saturated rings. The molecule has 146 valence electrons. The Labute approximate surface area is 165 Å². The maximum atomic E-state index is 5.34. The van der Waals surface area contributed by atoms with E-state index < -0.39 is 0 Å². The summed E-state index contributed by atoms with van der Waals surface area (Å²) in [5, 5.41) is 10.8. The second-order valence-electron chi connectivity index (χ2n) is 6.06. The molecule has 1 heterocycles. The van der Waals surface area contributed by atoms with Crippen LogP contribution in [0.3, 0.4) is 0 Å².